The quantitative estimate of drug-likeness (QED) is 0.604. The highest BCUT2D eigenvalue weighted by Gasteiger charge is 2.44. The Morgan fingerprint density at radius 3 is 2.36 bits per heavy atom. The summed E-state index contributed by atoms with van der Waals surface area (Å²) < 4.78 is 7.59. The van der Waals surface area contributed by atoms with E-state index in [1.54, 1.807) is 24.5 Å². The summed E-state index contributed by atoms with van der Waals surface area (Å²) in [6.45, 7) is 5.92. The molecule has 0 bridgehead atoms. The average Bonchev–Trinajstić information content (AvgIpc) is 2.94. The predicted octanol–water partition coefficient (Wildman–Crippen LogP) is 3.73. The van der Waals surface area contributed by atoms with Gasteiger partial charge >= 0.3 is 11.9 Å². The summed E-state index contributed by atoms with van der Waals surface area (Å²) in [4.78, 5) is 26.9. The number of nitrogens with zero attached hydrogens (tertiary/aromatic N) is 2. The van der Waals surface area contributed by atoms with Crippen LogP contribution in [-0.4, -0.2) is 37.3 Å². The van der Waals surface area contributed by atoms with Gasteiger partial charge in [0.25, 0.3) is 5.60 Å². The Morgan fingerprint density at radius 2 is 1.79 bits per heavy atom. The van der Waals surface area contributed by atoms with E-state index in [-0.39, 0.29) is 5.75 Å². The number of pyridine rings is 1. The summed E-state index contributed by atoms with van der Waals surface area (Å²) in [6, 6.07) is 9.02. The molecule has 0 saturated heterocycles. The van der Waals surface area contributed by atoms with Crippen LogP contribution in [0.15, 0.2) is 42.7 Å². The number of benzene rings is 1. The molecule has 0 atom stereocenters. The minimum atomic E-state index is -2.36. The molecule has 3 rings (SSSR count). The van der Waals surface area contributed by atoms with Crippen LogP contribution >= 0.6 is 0 Å². The molecule has 0 unspecified atom stereocenters. The van der Waals surface area contributed by atoms with Gasteiger partial charge < -0.3 is 19.5 Å². The molecule has 2 heterocycles. The Balaban J connectivity index is 2.16. The summed E-state index contributed by atoms with van der Waals surface area (Å²) in [6.07, 6.45) is 4.42. The van der Waals surface area contributed by atoms with Crippen LogP contribution in [0.2, 0.25) is 0 Å². The van der Waals surface area contributed by atoms with Crippen molar-refractivity contribution in [3.63, 3.8) is 0 Å². The summed E-state index contributed by atoms with van der Waals surface area (Å²) in [5.41, 5.74) is 1.70. The first-order valence-corrected chi connectivity index (χ1v) is 8.98. The summed E-state index contributed by atoms with van der Waals surface area (Å²) in [7, 11) is 0. The Hall–Kier alpha value is -3.35. The number of aliphatic carboxylic acids is 2. The molecule has 1 aromatic carbocycles. The minimum absolute atomic E-state index is 0.192. The zero-order valence-electron chi connectivity index (χ0n) is 16.0. The first-order chi connectivity index (χ1) is 13.3. The third-order valence-corrected chi connectivity index (χ3v) is 4.83. The molecule has 0 aliphatic heterocycles. The molecule has 0 aliphatic carbocycles. The lowest BCUT2D eigenvalue weighted by molar-refractivity contribution is -0.170. The van der Waals surface area contributed by atoms with Crippen molar-refractivity contribution >= 4 is 22.8 Å². The van der Waals surface area contributed by atoms with Gasteiger partial charge in [-0.1, -0.05) is 6.92 Å². The molecule has 2 N–H and O–H groups in total. The number of hydrogen-bond acceptors (Lipinski definition) is 4. The number of hydrogen-bond donors (Lipinski definition) is 2. The van der Waals surface area contributed by atoms with Gasteiger partial charge in [-0.25, -0.2) is 9.59 Å². The van der Waals surface area contributed by atoms with Gasteiger partial charge in [-0.2, -0.15) is 0 Å². The molecule has 3 aromatic rings. The SMILES string of the molecule is CCCn1c(-c2ccncc2)c(C)c2cc(OC(C)(C(=O)O)C(=O)O)ccc21. The summed E-state index contributed by atoms with van der Waals surface area (Å²) >= 11 is 0. The number of carboxylic acids is 2. The fourth-order valence-corrected chi connectivity index (χ4v) is 3.32. The lowest BCUT2D eigenvalue weighted by Crippen LogP contribution is -2.49. The molecule has 28 heavy (non-hydrogen) atoms. The molecule has 2 aromatic heterocycles. The Kier molecular flexibility index (Phi) is 5.09. The Labute approximate surface area is 162 Å². The van der Waals surface area contributed by atoms with Crippen LogP contribution in [0.1, 0.15) is 25.8 Å². The van der Waals surface area contributed by atoms with E-state index < -0.39 is 17.5 Å². The fraction of sp³-hybridized carbons (Fsp3) is 0.286. The van der Waals surface area contributed by atoms with Gasteiger partial charge in [0.15, 0.2) is 0 Å². The maximum absolute atomic E-state index is 11.4. The van der Waals surface area contributed by atoms with E-state index in [0.29, 0.717) is 0 Å². The minimum Gasteiger partial charge on any atom is -0.478 e. The topological polar surface area (TPSA) is 102 Å². The molecule has 7 nitrogen and oxygen atoms in total. The number of fused-ring (bicyclic) bond motifs is 1. The maximum atomic E-state index is 11.4. The van der Waals surface area contributed by atoms with E-state index in [4.69, 9.17) is 4.74 Å². The number of carbonyl (C=O) groups is 2. The van der Waals surface area contributed by atoms with Crippen molar-refractivity contribution in [1.82, 2.24) is 9.55 Å². The second-order valence-corrected chi connectivity index (χ2v) is 6.79. The third-order valence-electron chi connectivity index (χ3n) is 4.83. The monoisotopic (exact) mass is 382 g/mol. The normalized spacial score (nSPS) is 11.5. The molecule has 0 aliphatic rings. The van der Waals surface area contributed by atoms with Gasteiger partial charge in [0.1, 0.15) is 5.75 Å². The van der Waals surface area contributed by atoms with Crippen molar-refractivity contribution < 1.29 is 24.5 Å². The lowest BCUT2D eigenvalue weighted by atomic mass is 10.1. The van der Waals surface area contributed by atoms with E-state index in [1.807, 2.05) is 25.1 Å². The van der Waals surface area contributed by atoms with Crippen molar-refractivity contribution in [3.05, 3.63) is 48.3 Å². The summed E-state index contributed by atoms with van der Waals surface area (Å²) in [5, 5.41) is 19.5. The number of aromatic nitrogens is 2. The van der Waals surface area contributed by atoms with E-state index in [0.717, 1.165) is 47.6 Å². The van der Waals surface area contributed by atoms with Crippen LogP contribution in [0.3, 0.4) is 0 Å². The van der Waals surface area contributed by atoms with Crippen molar-refractivity contribution in [2.45, 2.75) is 39.3 Å². The molecule has 146 valence electrons. The van der Waals surface area contributed by atoms with E-state index in [2.05, 4.69) is 16.5 Å². The highest BCUT2D eigenvalue weighted by Crippen LogP contribution is 2.36. The molecule has 0 saturated carbocycles. The highest BCUT2D eigenvalue weighted by molar-refractivity contribution is 6.02. The highest BCUT2D eigenvalue weighted by atomic mass is 16.6. The van der Waals surface area contributed by atoms with Crippen LogP contribution in [0, 0.1) is 6.92 Å². The van der Waals surface area contributed by atoms with Gasteiger partial charge in [-0.15, -0.1) is 0 Å². The van der Waals surface area contributed by atoms with Crippen molar-refractivity contribution in [1.29, 1.82) is 0 Å². The standard InChI is InChI=1S/C21H22N2O5/c1-4-11-23-17-6-5-15(28-21(3,19(24)25)20(26)27)12-16(17)13(2)18(23)14-7-9-22-10-8-14/h5-10,12H,4,11H2,1-3H3,(H,24,25)(H,26,27). The van der Waals surface area contributed by atoms with Crippen molar-refractivity contribution in [2.24, 2.45) is 0 Å². The fourth-order valence-electron chi connectivity index (χ4n) is 3.32. The molecule has 0 amide bonds. The van der Waals surface area contributed by atoms with Gasteiger partial charge in [-0.3, -0.25) is 4.98 Å². The molecule has 0 radical (unpaired) electrons. The van der Waals surface area contributed by atoms with E-state index in [9.17, 15) is 19.8 Å². The zero-order valence-corrected chi connectivity index (χ0v) is 16.0. The number of ether oxygens (including phenoxy) is 1. The van der Waals surface area contributed by atoms with Gasteiger partial charge in [0, 0.05) is 35.4 Å². The van der Waals surface area contributed by atoms with Gasteiger partial charge in [0.2, 0.25) is 0 Å². The second kappa shape index (κ2) is 7.34. The summed E-state index contributed by atoms with van der Waals surface area (Å²) in [5.74, 6) is -2.92. The van der Waals surface area contributed by atoms with Crippen molar-refractivity contribution in [3.8, 4) is 17.0 Å². The van der Waals surface area contributed by atoms with Crippen molar-refractivity contribution in [2.75, 3.05) is 0 Å². The molecule has 0 spiro atoms. The van der Waals surface area contributed by atoms with E-state index in [1.165, 1.54) is 0 Å². The molecule has 7 heteroatoms. The van der Waals surface area contributed by atoms with Gasteiger partial charge in [-0.05, 0) is 56.2 Å². The third kappa shape index (κ3) is 3.19. The van der Waals surface area contributed by atoms with E-state index >= 15 is 0 Å². The van der Waals surface area contributed by atoms with Gasteiger partial charge in [0.05, 0.1) is 5.69 Å². The number of rotatable bonds is 7. The molecular formula is C21H22N2O5. The smallest absolute Gasteiger partial charge is 0.359 e. The Morgan fingerprint density at radius 1 is 1.14 bits per heavy atom. The predicted molar refractivity (Wildman–Crippen MR) is 105 cm³/mol. The molecular weight excluding hydrogens is 360 g/mol. The maximum Gasteiger partial charge on any atom is 0.359 e. The van der Waals surface area contributed by atoms with Crippen LogP contribution in [0.5, 0.6) is 5.75 Å². The number of carboxylic acid groups (broad SMARTS) is 2. The first kappa shape index (κ1) is 19.4. The van der Waals surface area contributed by atoms with Crippen LogP contribution < -0.4 is 4.74 Å². The van der Waals surface area contributed by atoms with Crippen LogP contribution in [-0.2, 0) is 16.1 Å². The first-order valence-electron chi connectivity index (χ1n) is 8.98. The average molecular weight is 382 g/mol. The lowest BCUT2D eigenvalue weighted by Gasteiger charge is -2.21. The van der Waals surface area contributed by atoms with Crippen LogP contribution in [0.4, 0.5) is 0 Å². The number of aryl methyl sites for hydroxylation is 2. The molecule has 0 fully saturated rings. The largest absolute Gasteiger partial charge is 0.478 e. The zero-order chi connectivity index (χ0) is 20.5. The Bertz CT molecular complexity index is 1030. The second-order valence-electron chi connectivity index (χ2n) is 6.79. The van der Waals surface area contributed by atoms with Crippen LogP contribution in [0.25, 0.3) is 22.2 Å².